The number of nitrogens with zero attached hydrogens (tertiary/aromatic N) is 2. The lowest BCUT2D eigenvalue weighted by Crippen LogP contribution is -2.12. The molecule has 8 heteroatoms. The van der Waals surface area contributed by atoms with Gasteiger partial charge in [-0.1, -0.05) is 114 Å². The van der Waals surface area contributed by atoms with Gasteiger partial charge >= 0.3 is 0 Å². The van der Waals surface area contributed by atoms with Crippen LogP contribution in [0.5, 0.6) is 0 Å². The number of nitrogens with one attached hydrogen (secondary N) is 2. The van der Waals surface area contributed by atoms with Gasteiger partial charge in [0, 0.05) is 22.8 Å². The molecule has 0 aliphatic rings. The molecule has 0 spiro atoms. The minimum absolute atomic E-state index is 0.127. The SMILES string of the molecule is O=C(Nc1nc(-c2ccccc2)c(NC(=O)c2cccc3ccccc23)s1)c1cc(-c2ccccc2)on1. The number of anilines is 2. The zero-order valence-electron chi connectivity index (χ0n) is 19.9. The van der Waals surface area contributed by atoms with Crippen LogP contribution in [-0.4, -0.2) is 22.0 Å². The summed E-state index contributed by atoms with van der Waals surface area (Å²) in [6.07, 6.45) is 0. The highest BCUT2D eigenvalue weighted by molar-refractivity contribution is 7.20. The Hall–Kier alpha value is -5.08. The minimum atomic E-state index is -0.462. The number of benzene rings is 4. The topological polar surface area (TPSA) is 97.1 Å². The van der Waals surface area contributed by atoms with Crippen LogP contribution in [0.2, 0.25) is 0 Å². The molecule has 0 fully saturated rings. The summed E-state index contributed by atoms with van der Waals surface area (Å²) in [5.74, 6) is -0.233. The second-order valence-electron chi connectivity index (χ2n) is 8.44. The third-order valence-corrected chi connectivity index (χ3v) is 6.84. The molecule has 0 unspecified atom stereocenters. The molecule has 4 aromatic carbocycles. The lowest BCUT2D eigenvalue weighted by Gasteiger charge is -2.08. The molecule has 7 nitrogen and oxygen atoms in total. The number of thiazole rings is 1. The number of hydrogen-bond acceptors (Lipinski definition) is 6. The lowest BCUT2D eigenvalue weighted by molar-refractivity contribution is 0.101. The third-order valence-electron chi connectivity index (χ3n) is 5.96. The Morgan fingerprint density at radius 3 is 2.18 bits per heavy atom. The maximum absolute atomic E-state index is 13.4. The molecule has 2 N–H and O–H groups in total. The number of carbonyl (C=O) groups is 2. The molecule has 38 heavy (non-hydrogen) atoms. The van der Waals surface area contributed by atoms with Crippen molar-refractivity contribution in [2.24, 2.45) is 0 Å². The van der Waals surface area contributed by atoms with Crippen LogP contribution in [0, 0.1) is 0 Å². The Labute approximate surface area is 221 Å². The summed E-state index contributed by atoms with van der Waals surface area (Å²) in [6, 6.07) is 33.8. The summed E-state index contributed by atoms with van der Waals surface area (Å²) in [5.41, 5.74) is 2.87. The second-order valence-corrected chi connectivity index (χ2v) is 9.44. The van der Waals surface area contributed by atoms with E-state index in [1.165, 1.54) is 11.3 Å². The number of hydrogen-bond donors (Lipinski definition) is 2. The van der Waals surface area contributed by atoms with Crippen molar-refractivity contribution in [3.8, 4) is 22.6 Å². The van der Waals surface area contributed by atoms with Crippen molar-refractivity contribution in [1.82, 2.24) is 10.1 Å². The van der Waals surface area contributed by atoms with E-state index in [2.05, 4.69) is 20.8 Å². The van der Waals surface area contributed by atoms with Gasteiger partial charge in [-0.25, -0.2) is 4.98 Å². The van der Waals surface area contributed by atoms with Gasteiger partial charge < -0.3 is 9.84 Å². The number of carbonyl (C=O) groups excluding carboxylic acids is 2. The van der Waals surface area contributed by atoms with Gasteiger partial charge in [-0.15, -0.1) is 0 Å². The molecule has 2 heterocycles. The fourth-order valence-corrected chi connectivity index (χ4v) is 5.00. The van der Waals surface area contributed by atoms with Gasteiger partial charge in [-0.05, 0) is 16.8 Å². The molecular weight excluding hydrogens is 496 g/mol. The van der Waals surface area contributed by atoms with E-state index in [0.717, 1.165) is 21.9 Å². The Morgan fingerprint density at radius 1 is 0.711 bits per heavy atom. The average Bonchev–Trinajstić information content (AvgIpc) is 3.61. The number of rotatable bonds is 6. The first-order valence-electron chi connectivity index (χ1n) is 11.8. The Kier molecular flexibility index (Phi) is 6.21. The van der Waals surface area contributed by atoms with E-state index in [-0.39, 0.29) is 11.6 Å². The van der Waals surface area contributed by atoms with E-state index in [1.54, 1.807) is 12.1 Å². The average molecular weight is 517 g/mol. The molecule has 2 aromatic heterocycles. The zero-order chi connectivity index (χ0) is 25.9. The molecule has 0 aliphatic carbocycles. The zero-order valence-corrected chi connectivity index (χ0v) is 20.7. The summed E-state index contributed by atoms with van der Waals surface area (Å²) in [4.78, 5) is 30.9. The quantitative estimate of drug-likeness (QED) is 0.246. The molecular formula is C30H20N4O3S. The van der Waals surface area contributed by atoms with E-state index in [0.29, 0.717) is 27.2 Å². The van der Waals surface area contributed by atoms with Crippen LogP contribution < -0.4 is 10.6 Å². The van der Waals surface area contributed by atoms with Crippen LogP contribution in [0.3, 0.4) is 0 Å². The molecule has 0 radical (unpaired) electrons. The highest BCUT2D eigenvalue weighted by atomic mass is 32.1. The van der Waals surface area contributed by atoms with Crippen LogP contribution in [0.1, 0.15) is 20.8 Å². The highest BCUT2D eigenvalue weighted by Gasteiger charge is 2.20. The first kappa shape index (κ1) is 23.3. The number of fused-ring (bicyclic) bond motifs is 1. The van der Waals surface area contributed by atoms with Crippen molar-refractivity contribution in [3.05, 3.63) is 120 Å². The van der Waals surface area contributed by atoms with Gasteiger partial charge in [0.25, 0.3) is 11.8 Å². The molecule has 0 atom stereocenters. The molecule has 0 saturated carbocycles. The first-order valence-corrected chi connectivity index (χ1v) is 12.7. The van der Waals surface area contributed by atoms with Crippen LogP contribution in [-0.2, 0) is 0 Å². The molecule has 0 saturated heterocycles. The predicted molar refractivity (Wildman–Crippen MR) is 149 cm³/mol. The molecule has 184 valence electrons. The predicted octanol–water partition coefficient (Wildman–Crippen LogP) is 7.12. The number of amides is 2. The Bertz CT molecular complexity index is 1760. The van der Waals surface area contributed by atoms with Crippen molar-refractivity contribution >= 4 is 44.1 Å². The van der Waals surface area contributed by atoms with Gasteiger partial charge in [0.2, 0.25) is 0 Å². The van der Waals surface area contributed by atoms with E-state index in [1.807, 2.05) is 97.1 Å². The molecule has 0 aliphatic heterocycles. The van der Waals surface area contributed by atoms with Crippen molar-refractivity contribution in [2.45, 2.75) is 0 Å². The van der Waals surface area contributed by atoms with E-state index >= 15 is 0 Å². The van der Waals surface area contributed by atoms with E-state index in [9.17, 15) is 9.59 Å². The molecule has 6 rings (SSSR count). The molecule has 6 aromatic rings. The van der Waals surface area contributed by atoms with Crippen molar-refractivity contribution < 1.29 is 14.1 Å². The van der Waals surface area contributed by atoms with Gasteiger partial charge in [0.15, 0.2) is 16.6 Å². The van der Waals surface area contributed by atoms with Crippen LogP contribution in [0.4, 0.5) is 10.1 Å². The Morgan fingerprint density at radius 2 is 1.39 bits per heavy atom. The Balaban J connectivity index is 1.29. The summed E-state index contributed by atoms with van der Waals surface area (Å²) >= 11 is 1.18. The van der Waals surface area contributed by atoms with Crippen molar-refractivity contribution in [3.63, 3.8) is 0 Å². The number of aromatic nitrogens is 2. The highest BCUT2D eigenvalue weighted by Crippen LogP contribution is 2.37. The largest absolute Gasteiger partial charge is 0.355 e. The van der Waals surface area contributed by atoms with Crippen molar-refractivity contribution in [2.75, 3.05) is 10.6 Å². The second kappa shape index (κ2) is 10.1. The molecule has 2 amide bonds. The van der Waals surface area contributed by atoms with Crippen LogP contribution in [0.15, 0.2) is 114 Å². The summed E-state index contributed by atoms with van der Waals surface area (Å²) in [6.45, 7) is 0. The standard InChI is InChI=1S/C30H20N4O3S/c35-27(23-17-9-15-19-10-7-8-16-22(19)23)32-29-26(21-13-5-2-6-14-21)31-30(38-29)33-28(36)24-18-25(37-34-24)20-11-3-1-4-12-20/h1-18H,(H,32,35)(H,31,33,36). The molecule has 0 bridgehead atoms. The van der Waals surface area contributed by atoms with Gasteiger partial charge in [-0.2, -0.15) is 0 Å². The fourth-order valence-electron chi connectivity index (χ4n) is 4.13. The monoisotopic (exact) mass is 516 g/mol. The summed E-state index contributed by atoms with van der Waals surface area (Å²) < 4.78 is 5.36. The van der Waals surface area contributed by atoms with Gasteiger partial charge in [-0.3, -0.25) is 14.9 Å². The van der Waals surface area contributed by atoms with Gasteiger partial charge in [0.05, 0.1) is 0 Å². The van der Waals surface area contributed by atoms with Gasteiger partial charge in [0.1, 0.15) is 10.7 Å². The lowest BCUT2D eigenvalue weighted by atomic mass is 10.0. The van der Waals surface area contributed by atoms with Crippen LogP contribution in [0.25, 0.3) is 33.4 Å². The smallest absolute Gasteiger partial charge is 0.279 e. The maximum Gasteiger partial charge on any atom is 0.279 e. The van der Waals surface area contributed by atoms with E-state index < -0.39 is 5.91 Å². The normalized spacial score (nSPS) is 10.8. The van der Waals surface area contributed by atoms with Crippen LogP contribution >= 0.6 is 11.3 Å². The fraction of sp³-hybridized carbons (Fsp3) is 0. The van der Waals surface area contributed by atoms with Crippen molar-refractivity contribution in [1.29, 1.82) is 0 Å². The third kappa shape index (κ3) is 4.68. The summed E-state index contributed by atoms with van der Waals surface area (Å²) in [5, 5.41) is 12.4. The minimum Gasteiger partial charge on any atom is -0.355 e. The van der Waals surface area contributed by atoms with E-state index in [4.69, 9.17) is 4.52 Å². The first-order chi connectivity index (χ1) is 18.7. The summed E-state index contributed by atoms with van der Waals surface area (Å²) in [7, 11) is 0. The maximum atomic E-state index is 13.4.